The van der Waals surface area contributed by atoms with E-state index < -0.39 is 0 Å². The normalized spacial score (nSPS) is 14.7. The van der Waals surface area contributed by atoms with Crippen LogP contribution in [0.5, 0.6) is 0 Å². The van der Waals surface area contributed by atoms with Crippen LogP contribution in [0, 0.1) is 6.92 Å². The summed E-state index contributed by atoms with van der Waals surface area (Å²) in [5.41, 5.74) is 5.84. The lowest BCUT2D eigenvalue weighted by molar-refractivity contribution is -0.121. The molecule has 2 aromatic carbocycles. The van der Waals surface area contributed by atoms with Crippen LogP contribution in [0.1, 0.15) is 17.7 Å². The number of hydrazone groups is 1. The van der Waals surface area contributed by atoms with E-state index in [1.165, 1.54) is 11.9 Å². The minimum atomic E-state index is -0.135. The molecule has 1 saturated heterocycles. The smallest absolute Gasteiger partial charge is 0.241 e. The summed E-state index contributed by atoms with van der Waals surface area (Å²) in [7, 11) is 0. The molecule has 1 fully saturated rings. The summed E-state index contributed by atoms with van der Waals surface area (Å²) in [5, 5.41) is 9.47. The SMILES string of the molecule is Cc1nn(-c2ccccc2Cl)c(Cl)c1/C=N\NC(=O)CCN1CCN(c2ccccc2)CC1. The van der Waals surface area contributed by atoms with Crippen LogP contribution in [0.25, 0.3) is 5.69 Å². The molecule has 0 unspecified atom stereocenters. The lowest BCUT2D eigenvalue weighted by Crippen LogP contribution is -2.47. The monoisotopic (exact) mass is 484 g/mol. The summed E-state index contributed by atoms with van der Waals surface area (Å²) in [6.45, 7) is 6.31. The Morgan fingerprint density at radius 2 is 1.76 bits per heavy atom. The quantitative estimate of drug-likeness (QED) is 0.404. The number of para-hydroxylation sites is 2. The molecule has 4 rings (SSSR count). The van der Waals surface area contributed by atoms with Gasteiger partial charge >= 0.3 is 0 Å². The van der Waals surface area contributed by atoms with E-state index in [2.05, 4.69) is 49.7 Å². The van der Waals surface area contributed by atoms with Gasteiger partial charge in [0, 0.05) is 44.8 Å². The van der Waals surface area contributed by atoms with Crippen molar-refractivity contribution in [3.05, 3.63) is 76.0 Å². The van der Waals surface area contributed by atoms with Crippen LogP contribution in [-0.4, -0.2) is 59.5 Å². The largest absolute Gasteiger partial charge is 0.369 e. The van der Waals surface area contributed by atoms with Crippen molar-refractivity contribution in [1.82, 2.24) is 20.1 Å². The predicted octanol–water partition coefficient (Wildman–Crippen LogP) is 4.15. The molecule has 0 atom stereocenters. The van der Waals surface area contributed by atoms with Gasteiger partial charge in [0.2, 0.25) is 5.91 Å². The molecule has 0 spiro atoms. The number of hydrogen-bond donors (Lipinski definition) is 1. The number of amides is 1. The fraction of sp³-hybridized carbons (Fsp3) is 0.292. The second-order valence-electron chi connectivity index (χ2n) is 7.86. The standard InChI is InChI=1S/C24H26Cl2N6O/c1-18-20(24(26)32(29-18)22-10-6-5-9-21(22)25)17-27-28-23(33)11-12-30-13-15-31(16-14-30)19-7-3-2-4-8-19/h2-10,17H,11-16H2,1H3,(H,28,33)/b27-17-. The van der Waals surface area contributed by atoms with Crippen molar-refractivity contribution >= 4 is 41.0 Å². The van der Waals surface area contributed by atoms with Crippen LogP contribution < -0.4 is 10.3 Å². The van der Waals surface area contributed by atoms with Crippen molar-refractivity contribution < 1.29 is 4.79 Å². The highest BCUT2D eigenvalue weighted by Crippen LogP contribution is 2.26. The van der Waals surface area contributed by atoms with Crippen LogP contribution in [0.2, 0.25) is 10.2 Å². The van der Waals surface area contributed by atoms with Crippen LogP contribution in [-0.2, 0) is 4.79 Å². The lowest BCUT2D eigenvalue weighted by Gasteiger charge is -2.36. The first-order chi connectivity index (χ1) is 16.0. The molecule has 1 N–H and O–H groups in total. The maximum Gasteiger partial charge on any atom is 0.241 e. The molecule has 2 heterocycles. The maximum absolute atomic E-state index is 12.3. The Labute approximate surface area is 203 Å². The number of carbonyl (C=O) groups excluding carboxylic acids is 1. The zero-order valence-corrected chi connectivity index (χ0v) is 19.9. The number of halogens is 2. The van der Waals surface area contributed by atoms with Gasteiger partial charge < -0.3 is 4.90 Å². The Balaban J connectivity index is 1.26. The van der Waals surface area contributed by atoms with Crippen LogP contribution in [0.3, 0.4) is 0 Å². The maximum atomic E-state index is 12.3. The second-order valence-corrected chi connectivity index (χ2v) is 8.63. The molecule has 172 valence electrons. The number of piperazine rings is 1. The average molecular weight is 485 g/mol. The fourth-order valence-corrected chi connectivity index (χ4v) is 4.32. The third-order valence-electron chi connectivity index (χ3n) is 5.66. The van der Waals surface area contributed by atoms with Gasteiger partial charge in [0.05, 0.1) is 28.2 Å². The van der Waals surface area contributed by atoms with Crippen LogP contribution >= 0.6 is 23.2 Å². The van der Waals surface area contributed by atoms with Gasteiger partial charge in [-0.25, -0.2) is 10.1 Å². The Hall–Kier alpha value is -2.87. The molecular weight excluding hydrogens is 459 g/mol. The number of nitrogens with one attached hydrogen (secondary N) is 1. The minimum absolute atomic E-state index is 0.135. The Kier molecular flexibility index (Phi) is 7.65. The molecule has 0 saturated carbocycles. The number of aromatic nitrogens is 2. The van der Waals surface area contributed by atoms with Gasteiger partial charge in [0.1, 0.15) is 5.15 Å². The van der Waals surface area contributed by atoms with E-state index in [-0.39, 0.29) is 5.91 Å². The van der Waals surface area contributed by atoms with E-state index >= 15 is 0 Å². The summed E-state index contributed by atoms with van der Waals surface area (Å²) in [6.07, 6.45) is 1.91. The molecule has 0 aliphatic carbocycles. The number of nitrogens with zero attached hydrogens (tertiary/aromatic N) is 5. The van der Waals surface area contributed by atoms with E-state index in [4.69, 9.17) is 23.2 Å². The van der Waals surface area contributed by atoms with E-state index in [0.717, 1.165) is 26.2 Å². The lowest BCUT2D eigenvalue weighted by atomic mass is 10.2. The number of aryl methyl sites for hydroxylation is 1. The molecule has 1 aliphatic rings. The summed E-state index contributed by atoms with van der Waals surface area (Å²) in [6, 6.07) is 17.7. The summed E-state index contributed by atoms with van der Waals surface area (Å²) < 4.78 is 1.57. The first-order valence-electron chi connectivity index (χ1n) is 10.9. The van der Waals surface area contributed by atoms with Crippen molar-refractivity contribution in [3.8, 4) is 5.69 Å². The Morgan fingerprint density at radius 1 is 1.06 bits per heavy atom. The molecule has 0 bridgehead atoms. The first-order valence-corrected chi connectivity index (χ1v) is 11.6. The van der Waals surface area contributed by atoms with Gasteiger partial charge in [-0.3, -0.25) is 9.69 Å². The number of anilines is 1. The summed E-state index contributed by atoms with van der Waals surface area (Å²) in [4.78, 5) is 16.9. The Bertz CT molecular complexity index is 1120. The number of carbonyl (C=O) groups is 1. The van der Waals surface area contributed by atoms with Gasteiger partial charge in [0.15, 0.2) is 0 Å². The average Bonchev–Trinajstić information content (AvgIpc) is 3.12. The highest BCUT2D eigenvalue weighted by atomic mass is 35.5. The summed E-state index contributed by atoms with van der Waals surface area (Å²) >= 11 is 12.8. The van der Waals surface area contributed by atoms with Gasteiger partial charge in [-0.2, -0.15) is 10.2 Å². The molecule has 33 heavy (non-hydrogen) atoms. The third-order valence-corrected chi connectivity index (χ3v) is 6.34. The van der Waals surface area contributed by atoms with Crippen molar-refractivity contribution in [1.29, 1.82) is 0 Å². The highest BCUT2D eigenvalue weighted by Gasteiger charge is 2.18. The zero-order valence-electron chi connectivity index (χ0n) is 18.4. The molecule has 1 aromatic heterocycles. The van der Waals surface area contributed by atoms with Crippen LogP contribution in [0.4, 0.5) is 5.69 Å². The second kappa shape index (κ2) is 10.8. The topological polar surface area (TPSA) is 65.8 Å². The van der Waals surface area contributed by atoms with Gasteiger partial charge in [-0.15, -0.1) is 0 Å². The fourth-order valence-electron chi connectivity index (χ4n) is 3.79. The van der Waals surface area contributed by atoms with Crippen molar-refractivity contribution in [2.24, 2.45) is 5.10 Å². The number of hydrogen-bond acceptors (Lipinski definition) is 5. The molecular formula is C24H26Cl2N6O. The van der Waals surface area contributed by atoms with Crippen molar-refractivity contribution in [3.63, 3.8) is 0 Å². The highest BCUT2D eigenvalue weighted by molar-refractivity contribution is 6.34. The predicted molar refractivity (Wildman–Crippen MR) is 134 cm³/mol. The number of rotatable bonds is 7. The third kappa shape index (κ3) is 5.74. The molecule has 3 aromatic rings. The molecule has 1 amide bonds. The zero-order chi connectivity index (χ0) is 23.2. The Morgan fingerprint density at radius 3 is 2.48 bits per heavy atom. The first kappa shape index (κ1) is 23.3. The summed E-state index contributed by atoms with van der Waals surface area (Å²) in [5.74, 6) is -0.135. The van der Waals surface area contributed by atoms with E-state index in [9.17, 15) is 4.79 Å². The molecule has 9 heteroatoms. The van der Waals surface area contributed by atoms with Crippen LogP contribution in [0.15, 0.2) is 59.7 Å². The van der Waals surface area contributed by atoms with Gasteiger partial charge in [-0.05, 0) is 31.2 Å². The van der Waals surface area contributed by atoms with Gasteiger partial charge in [0.25, 0.3) is 0 Å². The van der Waals surface area contributed by atoms with E-state index in [1.54, 1.807) is 10.7 Å². The van der Waals surface area contributed by atoms with Gasteiger partial charge in [-0.1, -0.05) is 53.5 Å². The molecule has 0 radical (unpaired) electrons. The minimum Gasteiger partial charge on any atom is -0.369 e. The molecule has 7 nitrogen and oxygen atoms in total. The molecule has 1 aliphatic heterocycles. The van der Waals surface area contributed by atoms with E-state index in [1.807, 2.05) is 31.2 Å². The number of benzene rings is 2. The van der Waals surface area contributed by atoms with Crippen molar-refractivity contribution in [2.75, 3.05) is 37.6 Å². The van der Waals surface area contributed by atoms with Crippen molar-refractivity contribution in [2.45, 2.75) is 13.3 Å². The van der Waals surface area contributed by atoms with E-state index in [0.29, 0.717) is 40.1 Å².